The highest BCUT2D eigenvalue weighted by Gasteiger charge is 2.50. The Kier molecular flexibility index (Phi) is 6.35. The zero-order chi connectivity index (χ0) is 30.5. The molecule has 44 heavy (non-hydrogen) atoms. The molecule has 5 aliphatic heterocycles. The number of phenols is 1. The first-order valence-corrected chi connectivity index (χ1v) is 15.1. The van der Waals surface area contributed by atoms with Crippen molar-refractivity contribution in [3.8, 4) is 28.9 Å². The largest absolute Gasteiger partial charge is 0.508 e. The Morgan fingerprint density at radius 2 is 2.02 bits per heavy atom. The number of aromatic hydroxyl groups is 1. The van der Waals surface area contributed by atoms with E-state index in [2.05, 4.69) is 20.2 Å². The molecule has 1 aromatic carbocycles. The van der Waals surface area contributed by atoms with Crippen LogP contribution in [0.4, 0.5) is 27.8 Å². The molecule has 4 saturated heterocycles. The molecule has 2 aromatic heterocycles. The van der Waals surface area contributed by atoms with E-state index in [1.165, 1.54) is 0 Å². The Bertz CT molecular complexity index is 1680. The minimum atomic E-state index is -4.99. The maximum Gasteiger partial charge on any atom is 0.418 e. The summed E-state index contributed by atoms with van der Waals surface area (Å²) in [5, 5.41) is 13.0. The van der Waals surface area contributed by atoms with Crippen LogP contribution < -0.4 is 19.7 Å². The van der Waals surface area contributed by atoms with Crippen LogP contribution in [0.25, 0.3) is 22.2 Å². The fourth-order valence-corrected chi connectivity index (χ4v) is 8.20. The first-order valence-electron chi connectivity index (χ1n) is 14.7. The molecule has 0 spiro atoms. The Hall–Kier alpha value is -3.23. The van der Waals surface area contributed by atoms with Gasteiger partial charge in [-0.25, -0.2) is 13.8 Å². The standard InChI is InChI=1S/C29H28ClF5N6O3/c30-17-7-15(42)6-16(21(17)29(33,34)35)23-22(32)24-20-25(41-10-14-2-3-18(36-14)19(41)11-43-26(20)37-23)39-27(38-24)44-12-28-4-1-5-40(28)9-13(31)8-28/h6-7,13-14,18-19,36,42H,1-5,8-12H2/t13-,14+,18-,19+,28-/m1/s1. The summed E-state index contributed by atoms with van der Waals surface area (Å²) in [5.41, 5.74) is -3.70. The van der Waals surface area contributed by atoms with Gasteiger partial charge in [-0.15, -0.1) is 0 Å². The normalized spacial score (nSPS) is 29.5. The first-order chi connectivity index (χ1) is 21.0. The Labute approximate surface area is 253 Å². The predicted molar refractivity (Wildman–Crippen MR) is 150 cm³/mol. The quantitative estimate of drug-likeness (QED) is 0.388. The van der Waals surface area contributed by atoms with E-state index in [4.69, 9.17) is 26.1 Å². The molecule has 0 saturated carbocycles. The van der Waals surface area contributed by atoms with Crippen molar-refractivity contribution in [2.75, 3.05) is 37.7 Å². The Morgan fingerprint density at radius 3 is 2.84 bits per heavy atom. The number of aromatic nitrogens is 3. The number of nitrogens with zero attached hydrogens (tertiary/aromatic N) is 5. The van der Waals surface area contributed by atoms with Gasteiger partial charge in [-0.2, -0.15) is 23.1 Å². The molecular formula is C29H28ClF5N6O3. The van der Waals surface area contributed by atoms with Crippen LogP contribution in [0.1, 0.15) is 37.7 Å². The lowest BCUT2D eigenvalue weighted by molar-refractivity contribution is -0.137. The molecule has 5 aliphatic rings. The predicted octanol–water partition coefficient (Wildman–Crippen LogP) is 4.87. The number of phenolic OH excluding ortho intramolecular Hbond substituents is 1. The van der Waals surface area contributed by atoms with Gasteiger partial charge in [0.1, 0.15) is 47.5 Å². The van der Waals surface area contributed by atoms with Crippen LogP contribution in [0, 0.1) is 5.82 Å². The summed E-state index contributed by atoms with van der Waals surface area (Å²) >= 11 is 5.93. The first kappa shape index (κ1) is 28.3. The molecule has 15 heteroatoms. The lowest BCUT2D eigenvalue weighted by Crippen LogP contribution is -2.60. The van der Waals surface area contributed by atoms with Crippen molar-refractivity contribution < 1.29 is 36.5 Å². The van der Waals surface area contributed by atoms with E-state index >= 15 is 4.39 Å². The highest BCUT2D eigenvalue weighted by atomic mass is 35.5. The summed E-state index contributed by atoms with van der Waals surface area (Å²) in [5.74, 6) is -1.58. The van der Waals surface area contributed by atoms with Crippen LogP contribution in [-0.2, 0) is 6.18 Å². The summed E-state index contributed by atoms with van der Waals surface area (Å²) < 4.78 is 85.8. The van der Waals surface area contributed by atoms with Crippen LogP contribution in [0.5, 0.6) is 17.6 Å². The zero-order valence-corrected chi connectivity index (χ0v) is 24.1. The van der Waals surface area contributed by atoms with E-state index in [1.54, 1.807) is 0 Å². The smallest absolute Gasteiger partial charge is 0.418 e. The topological polar surface area (TPSA) is 95.9 Å². The van der Waals surface area contributed by atoms with Crippen molar-refractivity contribution in [2.45, 2.75) is 68.1 Å². The summed E-state index contributed by atoms with van der Waals surface area (Å²) in [6.45, 7) is 1.80. The molecule has 9 nitrogen and oxygen atoms in total. The molecule has 2 bridgehead atoms. The SMILES string of the molecule is Oc1cc(Cl)c(C(F)(F)F)c(-c2nc3c4c(nc(OC[C@]56CCCN5C[C@H](F)C6)nc4c2F)N2C[C@@H]4CC[C@@H](N4)[C@@H]2CO3)c1. The summed E-state index contributed by atoms with van der Waals surface area (Å²) in [6.07, 6.45) is -2.22. The average Bonchev–Trinajstić information content (AvgIpc) is 3.59. The number of ether oxygens (including phenoxy) is 2. The van der Waals surface area contributed by atoms with Crippen molar-refractivity contribution >= 4 is 28.3 Å². The third-order valence-electron chi connectivity index (χ3n) is 9.78. The maximum absolute atomic E-state index is 16.6. The number of halogens is 6. The van der Waals surface area contributed by atoms with Gasteiger partial charge >= 0.3 is 12.2 Å². The van der Waals surface area contributed by atoms with Crippen LogP contribution in [0.15, 0.2) is 12.1 Å². The van der Waals surface area contributed by atoms with Crippen LogP contribution in [0.2, 0.25) is 5.02 Å². The van der Waals surface area contributed by atoms with Gasteiger partial charge in [-0.1, -0.05) is 11.6 Å². The molecule has 5 atom stereocenters. The highest BCUT2D eigenvalue weighted by Crippen LogP contribution is 2.48. The van der Waals surface area contributed by atoms with Crippen LogP contribution in [0.3, 0.4) is 0 Å². The third kappa shape index (κ3) is 4.35. The fourth-order valence-electron chi connectivity index (χ4n) is 7.88. The number of piperazine rings is 1. The number of nitrogens with one attached hydrogen (secondary N) is 1. The molecular weight excluding hydrogens is 611 g/mol. The summed E-state index contributed by atoms with van der Waals surface area (Å²) in [4.78, 5) is 17.4. The van der Waals surface area contributed by atoms with E-state index in [0.717, 1.165) is 44.4 Å². The minimum absolute atomic E-state index is 0.0504. The van der Waals surface area contributed by atoms with Gasteiger partial charge in [0.05, 0.1) is 22.2 Å². The summed E-state index contributed by atoms with van der Waals surface area (Å²) in [6, 6.07) is 1.33. The molecule has 3 aromatic rings. The number of hydrogen-bond donors (Lipinski definition) is 2. The molecule has 2 N–H and O–H groups in total. The average molecular weight is 639 g/mol. The number of anilines is 1. The van der Waals surface area contributed by atoms with Gasteiger partial charge in [0.25, 0.3) is 0 Å². The van der Waals surface area contributed by atoms with Crippen molar-refractivity contribution in [3.05, 3.63) is 28.5 Å². The number of rotatable bonds is 4. The second-order valence-corrected chi connectivity index (χ2v) is 12.8. The lowest BCUT2D eigenvalue weighted by Gasteiger charge is -2.40. The molecule has 0 unspecified atom stereocenters. The van der Waals surface area contributed by atoms with Crippen molar-refractivity contribution in [2.24, 2.45) is 0 Å². The number of benzene rings is 1. The van der Waals surface area contributed by atoms with E-state index in [-0.39, 0.29) is 54.1 Å². The third-order valence-corrected chi connectivity index (χ3v) is 10.1. The van der Waals surface area contributed by atoms with E-state index in [1.807, 2.05) is 4.90 Å². The number of alkyl halides is 4. The van der Waals surface area contributed by atoms with Gasteiger partial charge in [0, 0.05) is 37.2 Å². The van der Waals surface area contributed by atoms with E-state index in [0.29, 0.717) is 25.3 Å². The van der Waals surface area contributed by atoms with Crippen LogP contribution >= 0.6 is 11.6 Å². The minimum Gasteiger partial charge on any atom is -0.508 e. The molecule has 7 heterocycles. The Morgan fingerprint density at radius 1 is 1.18 bits per heavy atom. The molecule has 0 radical (unpaired) electrons. The number of fused-ring (bicyclic) bond motifs is 6. The number of pyridine rings is 1. The molecule has 4 fully saturated rings. The van der Waals surface area contributed by atoms with E-state index in [9.17, 15) is 22.7 Å². The Balaban J connectivity index is 1.31. The van der Waals surface area contributed by atoms with Gasteiger partial charge in [0.2, 0.25) is 5.88 Å². The highest BCUT2D eigenvalue weighted by molar-refractivity contribution is 6.32. The van der Waals surface area contributed by atoms with Gasteiger partial charge in [0.15, 0.2) is 5.82 Å². The van der Waals surface area contributed by atoms with E-state index < -0.39 is 51.3 Å². The number of hydrogen-bond acceptors (Lipinski definition) is 9. The lowest BCUT2D eigenvalue weighted by atomic mass is 9.95. The van der Waals surface area contributed by atoms with Crippen LogP contribution in [-0.4, -0.2) is 87.6 Å². The maximum atomic E-state index is 16.6. The molecule has 0 amide bonds. The summed E-state index contributed by atoms with van der Waals surface area (Å²) in [7, 11) is 0. The van der Waals surface area contributed by atoms with Crippen molar-refractivity contribution in [1.82, 2.24) is 25.2 Å². The van der Waals surface area contributed by atoms with Gasteiger partial charge < -0.3 is 24.8 Å². The molecule has 0 aliphatic carbocycles. The van der Waals surface area contributed by atoms with Crippen molar-refractivity contribution in [1.29, 1.82) is 0 Å². The zero-order valence-electron chi connectivity index (χ0n) is 23.3. The monoisotopic (exact) mass is 638 g/mol. The van der Waals surface area contributed by atoms with Gasteiger partial charge in [-0.3, -0.25) is 4.90 Å². The fraction of sp³-hybridized carbons (Fsp3) is 0.552. The molecule has 8 rings (SSSR count). The van der Waals surface area contributed by atoms with Gasteiger partial charge in [-0.05, 0) is 44.4 Å². The second kappa shape index (κ2) is 9.88. The second-order valence-electron chi connectivity index (χ2n) is 12.4. The molecule has 234 valence electrons. The van der Waals surface area contributed by atoms with Crippen molar-refractivity contribution in [3.63, 3.8) is 0 Å².